The van der Waals surface area contributed by atoms with E-state index in [2.05, 4.69) is 47.7 Å². The minimum Gasteiger partial charge on any atom is -0.489 e. The lowest BCUT2D eigenvalue weighted by Crippen LogP contribution is -2.13. The van der Waals surface area contributed by atoms with Crippen LogP contribution in [0.25, 0.3) is 0 Å². The summed E-state index contributed by atoms with van der Waals surface area (Å²) in [6.45, 7) is 2.11. The monoisotopic (exact) mass is 274 g/mol. The molecular weight excluding hydrogens is 263 g/mol. The maximum absolute atomic E-state index is 5.78. The minimum absolute atomic E-state index is 0.404. The fourth-order valence-corrected chi connectivity index (χ4v) is 2.07. The van der Waals surface area contributed by atoms with E-state index in [0.717, 1.165) is 16.6 Å². The van der Waals surface area contributed by atoms with Crippen LogP contribution in [0, 0.1) is 6.92 Å². The fraction of sp³-hybridized carbons (Fsp3) is 0.400. The van der Waals surface area contributed by atoms with Crippen LogP contribution in [0.5, 0.6) is 5.75 Å². The molecule has 12 heavy (non-hydrogen) atoms. The highest BCUT2D eigenvalue weighted by Crippen LogP contribution is 2.32. The Hall–Kier alpha value is -0.250. The number of hydrogen-bond donors (Lipinski definition) is 0. The second-order valence-electron chi connectivity index (χ2n) is 3.16. The van der Waals surface area contributed by atoms with E-state index >= 15 is 0 Å². The molecule has 1 nitrogen and oxygen atoms in total. The molecule has 1 heterocycles. The first-order valence-corrected chi connectivity index (χ1v) is 5.65. The highest BCUT2D eigenvalue weighted by atomic mass is 127. The summed E-state index contributed by atoms with van der Waals surface area (Å²) in [6, 6.07) is 6.37. The van der Waals surface area contributed by atoms with Gasteiger partial charge in [-0.1, -0.05) is 40.8 Å². The fourth-order valence-electron chi connectivity index (χ4n) is 1.58. The average Bonchev–Trinajstić information content (AvgIpc) is 2.49. The Morgan fingerprint density at radius 2 is 2.42 bits per heavy atom. The van der Waals surface area contributed by atoms with E-state index < -0.39 is 0 Å². The van der Waals surface area contributed by atoms with E-state index in [-0.39, 0.29) is 0 Å². The van der Waals surface area contributed by atoms with E-state index in [1.807, 2.05) is 0 Å². The summed E-state index contributed by atoms with van der Waals surface area (Å²) < 4.78 is 6.85. The SMILES string of the molecule is Cc1cccc2c1O[C@@H](CI)C2. The van der Waals surface area contributed by atoms with Crippen LogP contribution < -0.4 is 4.74 Å². The Morgan fingerprint density at radius 3 is 3.08 bits per heavy atom. The van der Waals surface area contributed by atoms with Gasteiger partial charge in [0.2, 0.25) is 0 Å². The molecule has 0 amide bonds. The molecule has 1 aliphatic heterocycles. The van der Waals surface area contributed by atoms with E-state index in [9.17, 15) is 0 Å². The van der Waals surface area contributed by atoms with Crippen LogP contribution in [0.1, 0.15) is 11.1 Å². The number of alkyl halides is 1. The third kappa shape index (κ3) is 1.32. The minimum atomic E-state index is 0.404. The molecule has 64 valence electrons. The molecule has 1 aliphatic rings. The first-order chi connectivity index (χ1) is 5.81. The van der Waals surface area contributed by atoms with Gasteiger partial charge in [-0.25, -0.2) is 0 Å². The Bertz CT molecular complexity index is 296. The first-order valence-electron chi connectivity index (χ1n) is 4.12. The molecule has 0 aromatic heterocycles. The van der Waals surface area contributed by atoms with E-state index in [4.69, 9.17) is 4.74 Å². The van der Waals surface area contributed by atoms with Crippen molar-refractivity contribution in [1.29, 1.82) is 0 Å². The van der Waals surface area contributed by atoms with Crippen LogP contribution >= 0.6 is 22.6 Å². The predicted octanol–water partition coefficient (Wildman–Crippen LogP) is 2.73. The van der Waals surface area contributed by atoms with Gasteiger partial charge in [0.25, 0.3) is 0 Å². The number of aryl methyl sites for hydroxylation is 1. The molecule has 0 unspecified atom stereocenters. The molecule has 2 rings (SSSR count). The van der Waals surface area contributed by atoms with Gasteiger partial charge in [0, 0.05) is 10.8 Å². The lowest BCUT2D eigenvalue weighted by Gasteiger charge is -2.06. The smallest absolute Gasteiger partial charge is 0.126 e. The van der Waals surface area contributed by atoms with Gasteiger partial charge < -0.3 is 4.74 Å². The highest BCUT2D eigenvalue weighted by Gasteiger charge is 2.22. The molecule has 0 radical (unpaired) electrons. The quantitative estimate of drug-likeness (QED) is 0.565. The zero-order chi connectivity index (χ0) is 8.55. The van der Waals surface area contributed by atoms with Gasteiger partial charge in [0.15, 0.2) is 0 Å². The van der Waals surface area contributed by atoms with E-state index in [1.54, 1.807) is 0 Å². The number of ether oxygens (including phenoxy) is 1. The van der Waals surface area contributed by atoms with E-state index in [1.165, 1.54) is 11.1 Å². The zero-order valence-corrected chi connectivity index (χ0v) is 9.17. The van der Waals surface area contributed by atoms with Crippen molar-refractivity contribution in [1.82, 2.24) is 0 Å². The van der Waals surface area contributed by atoms with Crippen molar-refractivity contribution in [2.45, 2.75) is 19.4 Å². The number of fused-ring (bicyclic) bond motifs is 1. The number of para-hydroxylation sites is 1. The Kier molecular flexibility index (Phi) is 2.26. The Balaban J connectivity index is 2.35. The summed E-state index contributed by atoms with van der Waals surface area (Å²) in [5.41, 5.74) is 2.64. The summed E-state index contributed by atoms with van der Waals surface area (Å²) in [4.78, 5) is 0. The summed E-state index contributed by atoms with van der Waals surface area (Å²) in [5.74, 6) is 1.12. The molecule has 0 spiro atoms. The molecule has 2 heteroatoms. The molecule has 0 fully saturated rings. The first kappa shape index (κ1) is 8.35. The van der Waals surface area contributed by atoms with E-state index in [0.29, 0.717) is 6.10 Å². The number of hydrogen-bond acceptors (Lipinski definition) is 1. The van der Waals surface area contributed by atoms with Crippen LogP contribution in [0.4, 0.5) is 0 Å². The number of rotatable bonds is 1. The summed E-state index contributed by atoms with van der Waals surface area (Å²) in [5, 5.41) is 0. The molecular formula is C10H11IO. The maximum atomic E-state index is 5.78. The van der Waals surface area contributed by atoms with Crippen LogP contribution in [0.3, 0.4) is 0 Å². The molecule has 0 aliphatic carbocycles. The Morgan fingerprint density at radius 1 is 1.58 bits per heavy atom. The van der Waals surface area contributed by atoms with Gasteiger partial charge in [0.05, 0.1) is 0 Å². The number of benzene rings is 1. The van der Waals surface area contributed by atoms with Crippen molar-refractivity contribution in [2.24, 2.45) is 0 Å². The zero-order valence-electron chi connectivity index (χ0n) is 7.01. The topological polar surface area (TPSA) is 9.23 Å². The third-order valence-electron chi connectivity index (χ3n) is 2.20. The molecule has 1 aromatic carbocycles. The molecule has 0 bridgehead atoms. The van der Waals surface area contributed by atoms with Crippen molar-refractivity contribution < 1.29 is 4.74 Å². The molecule has 0 N–H and O–H groups in total. The summed E-state index contributed by atoms with van der Waals surface area (Å²) in [6.07, 6.45) is 1.49. The van der Waals surface area contributed by atoms with Crippen molar-refractivity contribution in [2.75, 3.05) is 4.43 Å². The van der Waals surface area contributed by atoms with Crippen molar-refractivity contribution in [3.63, 3.8) is 0 Å². The Labute approximate surface area is 86.3 Å². The normalized spacial score (nSPS) is 20.3. The van der Waals surface area contributed by atoms with Gasteiger partial charge in [0.1, 0.15) is 11.9 Å². The highest BCUT2D eigenvalue weighted by molar-refractivity contribution is 14.1. The van der Waals surface area contributed by atoms with Gasteiger partial charge in [-0.3, -0.25) is 0 Å². The standard InChI is InChI=1S/C10H11IO/c1-7-3-2-4-8-5-9(6-11)12-10(7)8/h2-4,9H,5-6H2,1H3/t9-/m1/s1. The average molecular weight is 274 g/mol. The van der Waals surface area contributed by atoms with Crippen LogP contribution in [0.15, 0.2) is 18.2 Å². The van der Waals surface area contributed by atoms with Crippen molar-refractivity contribution in [3.8, 4) is 5.75 Å². The van der Waals surface area contributed by atoms with Gasteiger partial charge in [-0.05, 0) is 18.1 Å². The predicted molar refractivity (Wildman–Crippen MR) is 58.2 cm³/mol. The molecule has 0 saturated carbocycles. The number of halogens is 1. The van der Waals surface area contributed by atoms with Crippen LogP contribution in [0.2, 0.25) is 0 Å². The summed E-state index contributed by atoms with van der Waals surface area (Å²) in [7, 11) is 0. The second-order valence-corrected chi connectivity index (χ2v) is 4.04. The second kappa shape index (κ2) is 3.24. The van der Waals surface area contributed by atoms with Crippen LogP contribution in [-0.4, -0.2) is 10.5 Å². The molecule has 1 atom stereocenters. The van der Waals surface area contributed by atoms with Gasteiger partial charge >= 0.3 is 0 Å². The van der Waals surface area contributed by atoms with Gasteiger partial charge in [-0.15, -0.1) is 0 Å². The van der Waals surface area contributed by atoms with Crippen molar-refractivity contribution >= 4 is 22.6 Å². The summed E-state index contributed by atoms with van der Waals surface area (Å²) >= 11 is 2.37. The lowest BCUT2D eigenvalue weighted by atomic mass is 10.1. The third-order valence-corrected chi connectivity index (χ3v) is 3.18. The largest absolute Gasteiger partial charge is 0.489 e. The van der Waals surface area contributed by atoms with Crippen molar-refractivity contribution in [3.05, 3.63) is 29.3 Å². The maximum Gasteiger partial charge on any atom is 0.126 e. The van der Waals surface area contributed by atoms with Gasteiger partial charge in [-0.2, -0.15) is 0 Å². The van der Waals surface area contributed by atoms with Crippen LogP contribution in [-0.2, 0) is 6.42 Å². The lowest BCUT2D eigenvalue weighted by molar-refractivity contribution is 0.261. The molecule has 0 saturated heterocycles. The molecule has 1 aromatic rings.